The van der Waals surface area contributed by atoms with E-state index in [-0.39, 0.29) is 50.4 Å². The molecule has 0 fully saturated rings. The van der Waals surface area contributed by atoms with Crippen LogP contribution in [0.2, 0.25) is 0 Å². The highest BCUT2D eigenvalue weighted by molar-refractivity contribution is 5.71. The highest BCUT2D eigenvalue weighted by Gasteiger charge is 2.19. The molecule has 1 unspecified atom stereocenters. The number of esters is 3. The summed E-state index contributed by atoms with van der Waals surface area (Å²) < 4.78 is 16.6. The van der Waals surface area contributed by atoms with E-state index < -0.39 is 6.10 Å². The van der Waals surface area contributed by atoms with Crippen molar-refractivity contribution in [3.63, 3.8) is 0 Å². The third-order valence-electron chi connectivity index (χ3n) is 9.23. The summed E-state index contributed by atoms with van der Waals surface area (Å²) in [5.41, 5.74) is 0. The Labute approximate surface area is 378 Å². The van der Waals surface area contributed by atoms with Gasteiger partial charge < -0.3 is 14.2 Å². The first-order chi connectivity index (χ1) is 30.5. The summed E-state index contributed by atoms with van der Waals surface area (Å²) in [5, 5.41) is 0. The van der Waals surface area contributed by atoms with Gasteiger partial charge in [0.05, 0.1) is 0 Å². The number of hydrogen-bond donors (Lipinski definition) is 0. The van der Waals surface area contributed by atoms with E-state index in [1.165, 1.54) is 32.1 Å². The Morgan fingerprint density at radius 1 is 0.355 bits per heavy atom. The van der Waals surface area contributed by atoms with Crippen LogP contribution in [0.1, 0.15) is 168 Å². The van der Waals surface area contributed by atoms with Gasteiger partial charge in [-0.2, -0.15) is 0 Å². The van der Waals surface area contributed by atoms with Crippen LogP contribution in [0.4, 0.5) is 0 Å². The van der Waals surface area contributed by atoms with Crippen molar-refractivity contribution in [1.82, 2.24) is 0 Å². The minimum Gasteiger partial charge on any atom is -0.462 e. The van der Waals surface area contributed by atoms with Gasteiger partial charge in [0.25, 0.3) is 0 Å². The first-order valence-corrected chi connectivity index (χ1v) is 23.9. The Balaban J connectivity index is 4.66. The van der Waals surface area contributed by atoms with Crippen LogP contribution in [0, 0.1) is 0 Å². The minimum absolute atomic E-state index is 0.149. The SMILES string of the molecule is CC/C=C/C=C/C=C/C=C/C=C/CCCC(=O)OCC(COC(=O)CC/C=C/C/C=C/C/C=C/C/C=C/C/C=C/CC)OC(=O)CCCCCCCC/C=C/C=C/CCCCC. The lowest BCUT2D eigenvalue weighted by atomic mass is 10.1. The zero-order valence-corrected chi connectivity index (χ0v) is 39.1. The van der Waals surface area contributed by atoms with Gasteiger partial charge in [-0.25, -0.2) is 0 Å². The van der Waals surface area contributed by atoms with Gasteiger partial charge in [0, 0.05) is 19.3 Å². The quantitative estimate of drug-likeness (QED) is 0.0201. The minimum atomic E-state index is -0.848. The average Bonchev–Trinajstić information content (AvgIpc) is 3.27. The highest BCUT2D eigenvalue weighted by Crippen LogP contribution is 2.11. The Morgan fingerprint density at radius 3 is 1.31 bits per heavy atom. The smallest absolute Gasteiger partial charge is 0.306 e. The van der Waals surface area contributed by atoms with E-state index in [1.54, 1.807) is 0 Å². The van der Waals surface area contributed by atoms with Crippen molar-refractivity contribution >= 4 is 17.9 Å². The molecule has 1 atom stereocenters. The van der Waals surface area contributed by atoms with Gasteiger partial charge >= 0.3 is 17.9 Å². The lowest BCUT2D eigenvalue weighted by Gasteiger charge is -2.18. The van der Waals surface area contributed by atoms with Crippen LogP contribution in [0.3, 0.4) is 0 Å². The fourth-order valence-corrected chi connectivity index (χ4v) is 5.69. The second-order valence-electron chi connectivity index (χ2n) is 15.0. The Bertz CT molecular complexity index is 1440. The molecule has 0 spiro atoms. The monoisotopic (exact) mass is 853 g/mol. The maximum absolute atomic E-state index is 12.8. The van der Waals surface area contributed by atoms with Gasteiger partial charge in [-0.15, -0.1) is 0 Å². The fraction of sp³-hybridized carbons (Fsp3) is 0.518. The molecule has 0 amide bonds. The molecule has 62 heavy (non-hydrogen) atoms. The molecule has 6 nitrogen and oxygen atoms in total. The topological polar surface area (TPSA) is 78.9 Å². The van der Waals surface area contributed by atoms with E-state index in [1.807, 2.05) is 66.8 Å². The summed E-state index contributed by atoms with van der Waals surface area (Å²) in [4.78, 5) is 37.8. The van der Waals surface area contributed by atoms with E-state index in [0.717, 1.165) is 83.5 Å². The van der Waals surface area contributed by atoms with Gasteiger partial charge in [0.2, 0.25) is 0 Å². The summed E-state index contributed by atoms with van der Waals surface area (Å²) in [6.45, 7) is 6.17. The molecule has 344 valence electrons. The summed E-state index contributed by atoms with van der Waals surface area (Å²) >= 11 is 0. The zero-order valence-electron chi connectivity index (χ0n) is 39.1. The van der Waals surface area contributed by atoms with Crippen molar-refractivity contribution in [2.75, 3.05) is 13.2 Å². The van der Waals surface area contributed by atoms with Gasteiger partial charge in [0.15, 0.2) is 6.10 Å². The number of rotatable bonds is 40. The van der Waals surface area contributed by atoms with Crippen LogP contribution in [0.5, 0.6) is 0 Å². The summed E-state index contributed by atoms with van der Waals surface area (Å²) in [6, 6.07) is 0. The molecule has 0 aliphatic rings. The van der Waals surface area contributed by atoms with Crippen LogP contribution < -0.4 is 0 Å². The molecule has 0 aliphatic carbocycles. The normalized spacial score (nSPS) is 13.4. The molecule has 0 saturated carbocycles. The number of hydrogen-bond acceptors (Lipinski definition) is 6. The van der Waals surface area contributed by atoms with Gasteiger partial charge in [0.1, 0.15) is 13.2 Å². The largest absolute Gasteiger partial charge is 0.462 e. The van der Waals surface area contributed by atoms with E-state index in [2.05, 4.69) is 99.8 Å². The van der Waals surface area contributed by atoms with Crippen molar-refractivity contribution in [3.05, 3.63) is 146 Å². The van der Waals surface area contributed by atoms with Gasteiger partial charge in [-0.3, -0.25) is 14.4 Å². The summed E-state index contributed by atoms with van der Waals surface area (Å²) in [6.07, 6.45) is 69.9. The summed E-state index contributed by atoms with van der Waals surface area (Å²) in [7, 11) is 0. The molecule has 0 aromatic carbocycles. The maximum Gasteiger partial charge on any atom is 0.306 e. The molecule has 0 N–H and O–H groups in total. The van der Waals surface area contributed by atoms with Crippen LogP contribution >= 0.6 is 0 Å². The molecule has 0 aromatic rings. The zero-order chi connectivity index (χ0) is 45.1. The molecule has 0 aliphatic heterocycles. The van der Waals surface area contributed by atoms with Crippen LogP contribution in [-0.2, 0) is 28.6 Å². The van der Waals surface area contributed by atoms with Crippen LogP contribution in [-0.4, -0.2) is 37.2 Å². The number of allylic oxidation sites excluding steroid dienone is 24. The molecular weight excluding hydrogens is 769 g/mol. The third-order valence-corrected chi connectivity index (χ3v) is 9.23. The lowest BCUT2D eigenvalue weighted by molar-refractivity contribution is -0.166. The number of unbranched alkanes of at least 4 members (excludes halogenated alkanes) is 10. The first-order valence-electron chi connectivity index (χ1n) is 23.9. The van der Waals surface area contributed by atoms with E-state index in [4.69, 9.17) is 14.2 Å². The lowest BCUT2D eigenvalue weighted by Crippen LogP contribution is -2.30. The molecular formula is C56H84O6. The fourth-order valence-electron chi connectivity index (χ4n) is 5.69. The summed E-state index contributed by atoms with van der Waals surface area (Å²) in [5.74, 6) is -1.13. The van der Waals surface area contributed by atoms with E-state index in [9.17, 15) is 14.4 Å². The Kier molecular flexibility index (Phi) is 45.2. The average molecular weight is 853 g/mol. The predicted molar refractivity (Wildman–Crippen MR) is 265 cm³/mol. The van der Waals surface area contributed by atoms with Crippen molar-refractivity contribution in [2.45, 2.75) is 175 Å². The second-order valence-corrected chi connectivity index (χ2v) is 15.0. The van der Waals surface area contributed by atoms with E-state index in [0.29, 0.717) is 12.8 Å². The maximum atomic E-state index is 12.8. The van der Waals surface area contributed by atoms with Crippen molar-refractivity contribution in [3.8, 4) is 0 Å². The molecule has 0 bridgehead atoms. The van der Waals surface area contributed by atoms with E-state index >= 15 is 0 Å². The molecule has 0 radical (unpaired) electrons. The van der Waals surface area contributed by atoms with Gasteiger partial charge in [-0.1, -0.05) is 205 Å². The second kappa shape index (κ2) is 49.0. The van der Waals surface area contributed by atoms with Crippen LogP contribution in [0.25, 0.3) is 0 Å². The standard InChI is InChI=1S/C56H84O6/c1-4-7-10-13-16-19-22-25-27-29-31-34-37-40-43-46-49-55(58)61-52-53(51-60-54(57)48-45-42-39-36-33-30-24-21-18-15-12-9-6-3)62-56(59)50-47-44-41-38-35-32-28-26-23-20-17-14-11-8-5-2/h7,9-10,12,15-21,23-27,30-31,33-34,36,39-40,43,53H,4-6,8,11,13-14,22,28-29,32,35,37-38,41-42,44-52H2,1-3H3/b10-7+,12-9+,18-15+,19-16+,20-17+,24-21+,26-23+,27-25+,33-30+,34-31+,39-36+,43-40+. The third kappa shape index (κ3) is 46.4. The van der Waals surface area contributed by atoms with Gasteiger partial charge in [-0.05, 0) is 89.9 Å². The van der Waals surface area contributed by atoms with Crippen LogP contribution in [0.15, 0.2) is 146 Å². The Morgan fingerprint density at radius 2 is 0.758 bits per heavy atom. The van der Waals surface area contributed by atoms with Crippen molar-refractivity contribution in [2.24, 2.45) is 0 Å². The number of ether oxygens (including phenoxy) is 3. The number of carbonyl (C=O) groups excluding carboxylic acids is 3. The molecule has 6 heteroatoms. The molecule has 0 heterocycles. The molecule has 0 saturated heterocycles. The first kappa shape index (κ1) is 57.3. The highest BCUT2D eigenvalue weighted by atomic mass is 16.6. The Hall–Kier alpha value is -4.71. The molecule has 0 rings (SSSR count). The number of carbonyl (C=O) groups is 3. The predicted octanol–water partition coefficient (Wildman–Crippen LogP) is 15.7. The van der Waals surface area contributed by atoms with Crippen molar-refractivity contribution < 1.29 is 28.6 Å². The molecule has 0 aromatic heterocycles. The van der Waals surface area contributed by atoms with Crippen molar-refractivity contribution in [1.29, 1.82) is 0 Å².